The molecule has 1 aliphatic heterocycles. The van der Waals surface area contributed by atoms with Crippen molar-refractivity contribution in [1.29, 1.82) is 0 Å². The second-order valence-corrected chi connectivity index (χ2v) is 5.78. The van der Waals surface area contributed by atoms with Gasteiger partial charge in [0.1, 0.15) is 11.8 Å². The molecule has 3 rings (SSSR count). The van der Waals surface area contributed by atoms with Crippen LogP contribution in [0.1, 0.15) is 23.7 Å². The third kappa shape index (κ3) is 4.10. The number of hydrazine groups is 1. The van der Waals surface area contributed by atoms with Crippen LogP contribution in [0.4, 0.5) is 0 Å². The van der Waals surface area contributed by atoms with E-state index in [-0.39, 0.29) is 18.0 Å². The van der Waals surface area contributed by atoms with Crippen LogP contribution in [-0.4, -0.2) is 30.6 Å². The largest absolute Gasteiger partial charge is 0.497 e. The molecule has 0 spiro atoms. The maximum Gasteiger partial charge on any atom is 0.238 e. The number of carbonyl (C=O) groups excluding carboxylic acids is 1. The highest BCUT2D eigenvalue weighted by molar-refractivity contribution is 5.82. The molecular weight excluding hydrogens is 304 g/mol. The van der Waals surface area contributed by atoms with E-state index >= 15 is 0 Å². The number of nitrogens with zero attached hydrogens (tertiary/aromatic N) is 1. The van der Waals surface area contributed by atoms with Crippen LogP contribution in [0.15, 0.2) is 48.7 Å². The van der Waals surface area contributed by atoms with E-state index in [0.29, 0.717) is 13.0 Å². The second kappa shape index (κ2) is 7.90. The van der Waals surface area contributed by atoms with Crippen molar-refractivity contribution in [3.05, 3.63) is 59.9 Å². The van der Waals surface area contributed by atoms with Gasteiger partial charge in [0.15, 0.2) is 0 Å². The molecule has 0 bridgehead atoms. The minimum absolute atomic E-state index is 0.00354. The molecule has 0 saturated carbocycles. The lowest BCUT2D eigenvalue weighted by atomic mass is 10.1. The van der Waals surface area contributed by atoms with E-state index in [1.54, 1.807) is 13.3 Å². The second-order valence-electron chi connectivity index (χ2n) is 5.78. The maximum absolute atomic E-state index is 12.3. The summed E-state index contributed by atoms with van der Waals surface area (Å²) in [7, 11) is 1.65. The molecule has 1 aromatic heterocycles. The molecule has 1 aromatic carbocycles. The third-order valence-corrected chi connectivity index (χ3v) is 4.11. The number of amides is 1. The van der Waals surface area contributed by atoms with Gasteiger partial charge in [0.25, 0.3) is 0 Å². The molecular formula is C18H22N4O2. The van der Waals surface area contributed by atoms with E-state index in [0.717, 1.165) is 23.4 Å². The van der Waals surface area contributed by atoms with Crippen LogP contribution >= 0.6 is 0 Å². The molecule has 6 heteroatoms. The lowest BCUT2D eigenvalue weighted by Gasteiger charge is -2.11. The molecule has 2 unspecified atom stereocenters. The molecule has 0 aliphatic carbocycles. The van der Waals surface area contributed by atoms with Crippen LogP contribution in [0.25, 0.3) is 0 Å². The Morgan fingerprint density at radius 2 is 2.21 bits per heavy atom. The summed E-state index contributed by atoms with van der Waals surface area (Å²) in [5, 5.41) is 2.98. The number of hydrogen-bond acceptors (Lipinski definition) is 5. The molecule has 1 aliphatic rings. The zero-order chi connectivity index (χ0) is 16.8. The van der Waals surface area contributed by atoms with Crippen molar-refractivity contribution in [2.45, 2.75) is 24.9 Å². The molecule has 6 nitrogen and oxygen atoms in total. The molecule has 1 amide bonds. The standard InChI is InChI=1S/C18H22N4O2/c1-24-14-6-4-5-13(11-14)8-10-20-18(23)17-12-16(21-22-17)15-7-2-3-9-19-15/h2-7,9,11,16-17,21-22H,8,10,12H2,1H3,(H,20,23). The first-order valence-corrected chi connectivity index (χ1v) is 8.09. The summed E-state index contributed by atoms with van der Waals surface area (Å²) in [6.07, 6.45) is 3.22. The number of hydrogen-bond donors (Lipinski definition) is 3. The van der Waals surface area contributed by atoms with Gasteiger partial charge >= 0.3 is 0 Å². The number of nitrogens with one attached hydrogen (secondary N) is 3. The SMILES string of the molecule is COc1cccc(CCNC(=O)C2CC(c3ccccn3)NN2)c1. The van der Waals surface area contributed by atoms with Crippen LogP contribution in [0, 0.1) is 0 Å². The van der Waals surface area contributed by atoms with E-state index < -0.39 is 0 Å². The average Bonchev–Trinajstić information content (AvgIpc) is 3.13. The first-order valence-electron chi connectivity index (χ1n) is 8.09. The number of pyridine rings is 1. The summed E-state index contributed by atoms with van der Waals surface area (Å²) in [5.41, 5.74) is 8.27. The van der Waals surface area contributed by atoms with Crippen LogP contribution < -0.4 is 20.9 Å². The number of benzene rings is 1. The Hall–Kier alpha value is -2.44. The molecule has 2 heterocycles. The zero-order valence-electron chi connectivity index (χ0n) is 13.7. The van der Waals surface area contributed by atoms with Gasteiger partial charge in [0.2, 0.25) is 5.91 Å². The van der Waals surface area contributed by atoms with Gasteiger partial charge in [-0.1, -0.05) is 18.2 Å². The van der Waals surface area contributed by atoms with Gasteiger partial charge in [-0.25, -0.2) is 10.9 Å². The van der Waals surface area contributed by atoms with Gasteiger partial charge in [-0.05, 0) is 42.7 Å². The van der Waals surface area contributed by atoms with Crippen molar-refractivity contribution in [2.75, 3.05) is 13.7 Å². The molecule has 3 N–H and O–H groups in total. The van der Waals surface area contributed by atoms with Gasteiger partial charge < -0.3 is 10.1 Å². The monoisotopic (exact) mass is 326 g/mol. The fourth-order valence-electron chi connectivity index (χ4n) is 2.79. The van der Waals surface area contributed by atoms with Crippen molar-refractivity contribution >= 4 is 5.91 Å². The van der Waals surface area contributed by atoms with Gasteiger partial charge in [-0.2, -0.15) is 0 Å². The van der Waals surface area contributed by atoms with Crippen molar-refractivity contribution in [3.63, 3.8) is 0 Å². The summed E-state index contributed by atoms with van der Waals surface area (Å²) in [6, 6.07) is 13.5. The van der Waals surface area contributed by atoms with Crippen LogP contribution in [-0.2, 0) is 11.2 Å². The first-order chi connectivity index (χ1) is 11.8. The van der Waals surface area contributed by atoms with Crippen molar-refractivity contribution in [1.82, 2.24) is 21.2 Å². The highest BCUT2D eigenvalue weighted by Gasteiger charge is 2.30. The summed E-state index contributed by atoms with van der Waals surface area (Å²) in [6.45, 7) is 0.596. The van der Waals surface area contributed by atoms with Crippen molar-refractivity contribution in [3.8, 4) is 5.75 Å². The molecule has 126 valence electrons. The van der Waals surface area contributed by atoms with Gasteiger partial charge in [0.05, 0.1) is 18.8 Å². The predicted molar refractivity (Wildman–Crippen MR) is 91.4 cm³/mol. The van der Waals surface area contributed by atoms with E-state index in [1.165, 1.54) is 0 Å². The average molecular weight is 326 g/mol. The fraction of sp³-hybridized carbons (Fsp3) is 0.333. The minimum Gasteiger partial charge on any atom is -0.497 e. The van der Waals surface area contributed by atoms with E-state index in [9.17, 15) is 4.79 Å². The number of methoxy groups -OCH3 is 1. The fourth-order valence-corrected chi connectivity index (χ4v) is 2.79. The zero-order valence-corrected chi connectivity index (χ0v) is 13.7. The number of aromatic nitrogens is 1. The smallest absolute Gasteiger partial charge is 0.238 e. The summed E-state index contributed by atoms with van der Waals surface area (Å²) >= 11 is 0. The van der Waals surface area contributed by atoms with Crippen LogP contribution in [0.2, 0.25) is 0 Å². The van der Waals surface area contributed by atoms with Crippen LogP contribution in [0.5, 0.6) is 5.75 Å². The van der Waals surface area contributed by atoms with E-state index in [2.05, 4.69) is 21.2 Å². The highest BCUT2D eigenvalue weighted by atomic mass is 16.5. The molecule has 1 saturated heterocycles. The normalized spacial score (nSPS) is 19.9. The highest BCUT2D eigenvalue weighted by Crippen LogP contribution is 2.20. The Morgan fingerprint density at radius 3 is 3.00 bits per heavy atom. The Bertz CT molecular complexity index is 678. The molecule has 24 heavy (non-hydrogen) atoms. The summed E-state index contributed by atoms with van der Waals surface area (Å²) in [5.74, 6) is 0.836. The topological polar surface area (TPSA) is 75.3 Å². The number of rotatable bonds is 6. The Labute approximate surface area is 141 Å². The summed E-state index contributed by atoms with van der Waals surface area (Å²) in [4.78, 5) is 16.6. The van der Waals surface area contributed by atoms with Gasteiger partial charge in [0, 0.05) is 12.7 Å². The van der Waals surface area contributed by atoms with Crippen LogP contribution in [0.3, 0.4) is 0 Å². The molecule has 0 radical (unpaired) electrons. The van der Waals surface area contributed by atoms with Gasteiger partial charge in [-0.15, -0.1) is 0 Å². The van der Waals surface area contributed by atoms with Gasteiger partial charge in [-0.3, -0.25) is 9.78 Å². The Kier molecular flexibility index (Phi) is 5.40. The quantitative estimate of drug-likeness (QED) is 0.747. The Morgan fingerprint density at radius 1 is 1.29 bits per heavy atom. The van der Waals surface area contributed by atoms with Crippen molar-refractivity contribution in [2.24, 2.45) is 0 Å². The summed E-state index contributed by atoms with van der Waals surface area (Å²) < 4.78 is 5.21. The number of ether oxygens (including phenoxy) is 1. The van der Waals surface area contributed by atoms with Crippen molar-refractivity contribution < 1.29 is 9.53 Å². The Balaban J connectivity index is 1.46. The van der Waals surface area contributed by atoms with E-state index in [1.807, 2.05) is 42.5 Å². The molecule has 2 aromatic rings. The van der Waals surface area contributed by atoms with E-state index in [4.69, 9.17) is 4.74 Å². The first kappa shape index (κ1) is 16.4. The maximum atomic E-state index is 12.3. The number of carbonyl (C=O) groups is 1. The molecule has 1 fully saturated rings. The lowest BCUT2D eigenvalue weighted by Crippen LogP contribution is -2.43. The third-order valence-electron chi connectivity index (χ3n) is 4.11. The minimum atomic E-state index is -0.248. The lowest BCUT2D eigenvalue weighted by molar-refractivity contribution is -0.122. The molecule has 2 atom stereocenters. The predicted octanol–water partition coefficient (Wildman–Crippen LogP) is 1.36.